The molecule has 1 unspecified atom stereocenters. The Bertz CT molecular complexity index is 266. The lowest BCUT2D eigenvalue weighted by molar-refractivity contribution is 0.160. The zero-order valence-corrected chi connectivity index (χ0v) is 14.6. The molecule has 3 heteroatoms. The highest BCUT2D eigenvalue weighted by Gasteiger charge is 2.23. The highest BCUT2D eigenvalue weighted by Crippen LogP contribution is 2.22. The van der Waals surface area contributed by atoms with Crippen LogP contribution in [0.15, 0.2) is 0 Å². The number of rotatable bonds is 7. The molecular weight excluding hydrogens is 258 g/mol. The summed E-state index contributed by atoms with van der Waals surface area (Å²) in [5, 5.41) is 3.83. The molecule has 0 radical (unpaired) electrons. The molecule has 0 amide bonds. The number of nitrogens with one attached hydrogen (secondary N) is 1. The molecule has 1 N–H and O–H groups in total. The van der Waals surface area contributed by atoms with Crippen LogP contribution >= 0.6 is 0 Å². The third-order valence-corrected chi connectivity index (χ3v) is 5.74. The molecule has 2 heterocycles. The van der Waals surface area contributed by atoms with E-state index in [4.69, 9.17) is 0 Å². The van der Waals surface area contributed by atoms with Gasteiger partial charge in [-0.25, -0.2) is 0 Å². The van der Waals surface area contributed by atoms with E-state index in [1.807, 2.05) is 0 Å². The molecular formula is C18H37N3. The Balaban J connectivity index is 1.56. The van der Waals surface area contributed by atoms with Crippen molar-refractivity contribution < 1.29 is 0 Å². The van der Waals surface area contributed by atoms with Gasteiger partial charge in [0.05, 0.1) is 0 Å². The molecule has 0 saturated carbocycles. The Hall–Kier alpha value is -0.120. The first-order valence-electron chi connectivity index (χ1n) is 9.33. The van der Waals surface area contributed by atoms with Gasteiger partial charge in [0.2, 0.25) is 0 Å². The van der Waals surface area contributed by atoms with Crippen LogP contribution in [0.3, 0.4) is 0 Å². The normalized spacial score (nSPS) is 25.3. The Morgan fingerprint density at radius 3 is 2.33 bits per heavy atom. The topological polar surface area (TPSA) is 18.5 Å². The van der Waals surface area contributed by atoms with Gasteiger partial charge in [-0.15, -0.1) is 0 Å². The van der Waals surface area contributed by atoms with E-state index in [0.717, 1.165) is 11.8 Å². The van der Waals surface area contributed by atoms with Gasteiger partial charge in [0, 0.05) is 6.04 Å². The summed E-state index contributed by atoms with van der Waals surface area (Å²) < 4.78 is 0. The molecule has 124 valence electrons. The van der Waals surface area contributed by atoms with Gasteiger partial charge in [0.25, 0.3) is 0 Å². The summed E-state index contributed by atoms with van der Waals surface area (Å²) in [6.07, 6.45) is 8.27. The zero-order chi connectivity index (χ0) is 15.1. The van der Waals surface area contributed by atoms with Crippen LogP contribution < -0.4 is 5.32 Å². The highest BCUT2D eigenvalue weighted by molar-refractivity contribution is 4.80. The lowest BCUT2D eigenvalue weighted by atomic mass is 9.89. The summed E-state index contributed by atoms with van der Waals surface area (Å²) in [6.45, 7) is 12.5. The quantitative estimate of drug-likeness (QED) is 0.779. The number of likely N-dealkylation sites (tertiary alicyclic amines) is 2. The van der Waals surface area contributed by atoms with Gasteiger partial charge in [0.15, 0.2) is 0 Å². The third kappa shape index (κ3) is 5.88. The SMILES string of the molecule is CCCN1CCC(C(C)NCCC2CCN(C)CC2)CC1. The molecule has 2 aliphatic heterocycles. The molecule has 0 aromatic carbocycles. The summed E-state index contributed by atoms with van der Waals surface area (Å²) in [6, 6.07) is 0.708. The second-order valence-electron chi connectivity index (χ2n) is 7.46. The number of piperidine rings is 2. The van der Waals surface area contributed by atoms with Gasteiger partial charge in [-0.2, -0.15) is 0 Å². The Labute approximate surface area is 132 Å². The van der Waals surface area contributed by atoms with Gasteiger partial charge in [-0.3, -0.25) is 0 Å². The first-order valence-corrected chi connectivity index (χ1v) is 9.33. The van der Waals surface area contributed by atoms with Crippen LogP contribution in [0.4, 0.5) is 0 Å². The molecule has 2 fully saturated rings. The molecule has 0 aromatic heterocycles. The number of hydrogen-bond donors (Lipinski definition) is 1. The van der Waals surface area contributed by atoms with Crippen LogP contribution in [-0.2, 0) is 0 Å². The summed E-state index contributed by atoms with van der Waals surface area (Å²) in [4.78, 5) is 5.11. The van der Waals surface area contributed by atoms with E-state index in [2.05, 4.69) is 36.0 Å². The van der Waals surface area contributed by atoms with Gasteiger partial charge in [0.1, 0.15) is 0 Å². The van der Waals surface area contributed by atoms with Crippen molar-refractivity contribution >= 4 is 0 Å². The lowest BCUT2D eigenvalue weighted by Crippen LogP contribution is -2.42. The molecule has 3 nitrogen and oxygen atoms in total. The maximum absolute atomic E-state index is 3.83. The van der Waals surface area contributed by atoms with E-state index < -0.39 is 0 Å². The summed E-state index contributed by atoms with van der Waals surface area (Å²) in [5.41, 5.74) is 0. The van der Waals surface area contributed by atoms with Gasteiger partial charge in [-0.05, 0) is 104 Å². The van der Waals surface area contributed by atoms with E-state index in [-0.39, 0.29) is 0 Å². The molecule has 0 aromatic rings. The van der Waals surface area contributed by atoms with E-state index in [1.54, 1.807) is 0 Å². The molecule has 2 saturated heterocycles. The lowest BCUT2D eigenvalue weighted by Gasteiger charge is -2.35. The first-order chi connectivity index (χ1) is 10.2. The monoisotopic (exact) mass is 295 g/mol. The summed E-state index contributed by atoms with van der Waals surface area (Å²) >= 11 is 0. The Kier molecular flexibility index (Phi) is 7.48. The number of nitrogens with zero attached hydrogens (tertiary/aromatic N) is 2. The largest absolute Gasteiger partial charge is 0.314 e. The van der Waals surface area contributed by atoms with Crippen LogP contribution in [0, 0.1) is 11.8 Å². The summed E-state index contributed by atoms with van der Waals surface area (Å²) in [5.74, 6) is 1.86. The molecule has 1 atom stereocenters. The second-order valence-corrected chi connectivity index (χ2v) is 7.46. The maximum Gasteiger partial charge on any atom is 0.00679 e. The van der Waals surface area contributed by atoms with Gasteiger partial charge in [-0.1, -0.05) is 6.92 Å². The Morgan fingerprint density at radius 1 is 1.05 bits per heavy atom. The molecule has 0 aliphatic carbocycles. The smallest absolute Gasteiger partial charge is 0.00679 e. The average molecular weight is 296 g/mol. The minimum absolute atomic E-state index is 0.708. The number of hydrogen-bond acceptors (Lipinski definition) is 3. The van der Waals surface area contributed by atoms with E-state index in [0.29, 0.717) is 6.04 Å². The van der Waals surface area contributed by atoms with E-state index >= 15 is 0 Å². The van der Waals surface area contributed by atoms with E-state index in [9.17, 15) is 0 Å². The maximum atomic E-state index is 3.83. The van der Waals surface area contributed by atoms with Crippen molar-refractivity contribution in [2.75, 3.05) is 46.3 Å². The Morgan fingerprint density at radius 2 is 1.71 bits per heavy atom. The molecule has 0 bridgehead atoms. The molecule has 2 rings (SSSR count). The van der Waals surface area contributed by atoms with Crippen molar-refractivity contribution in [1.82, 2.24) is 15.1 Å². The van der Waals surface area contributed by atoms with Crippen molar-refractivity contribution in [3.8, 4) is 0 Å². The summed E-state index contributed by atoms with van der Waals surface area (Å²) in [7, 11) is 2.25. The average Bonchev–Trinajstić information content (AvgIpc) is 2.50. The fourth-order valence-corrected chi connectivity index (χ4v) is 4.03. The second kappa shape index (κ2) is 9.12. The molecule has 21 heavy (non-hydrogen) atoms. The molecule has 2 aliphatic rings. The van der Waals surface area contributed by atoms with Crippen molar-refractivity contribution in [3.63, 3.8) is 0 Å². The van der Waals surface area contributed by atoms with Crippen molar-refractivity contribution in [3.05, 3.63) is 0 Å². The van der Waals surface area contributed by atoms with Crippen LogP contribution in [0.1, 0.15) is 52.4 Å². The minimum atomic E-state index is 0.708. The van der Waals surface area contributed by atoms with E-state index in [1.165, 1.54) is 77.8 Å². The third-order valence-electron chi connectivity index (χ3n) is 5.74. The van der Waals surface area contributed by atoms with Crippen LogP contribution in [0.25, 0.3) is 0 Å². The standard InChI is InChI=1S/C18H37N3/c1-4-11-21-14-8-18(9-15-21)16(2)19-10-5-17-6-12-20(3)13-7-17/h16-19H,4-15H2,1-3H3. The fraction of sp³-hybridized carbons (Fsp3) is 1.00. The highest BCUT2D eigenvalue weighted by atomic mass is 15.1. The fourth-order valence-electron chi connectivity index (χ4n) is 4.03. The van der Waals surface area contributed by atoms with Gasteiger partial charge < -0.3 is 15.1 Å². The molecule has 0 spiro atoms. The van der Waals surface area contributed by atoms with Crippen LogP contribution in [-0.4, -0.2) is 62.2 Å². The zero-order valence-electron chi connectivity index (χ0n) is 14.6. The van der Waals surface area contributed by atoms with Crippen molar-refractivity contribution in [2.24, 2.45) is 11.8 Å². The van der Waals surface area contributed by atoms with Crippen LogP contribution in [0.2, 0.25) is 0 Å². The first kappa shape index (κ1) is 17.2. The van der Waals surface area contributed by atoms with Crippen LogP contribution in [0.5, 0.6) is 0 Å². The minimum Gasteiger partial charge on any atom is -0.314 e. The predicted octanol–water partition coefficient (Wildman–Crippen LogP) is 2.82. The van der Waals surface area contributed by atoms with Crippen molar-refractivity contribution in [1.29, 1.82) is 0 Å². The van der Waals surface area contributed by atoms with Crippen molar-refractivity contribution in [2.45, 2.75) is 58.4 Å². The predicted molar refractivity (Wildman–Crippen MR) is 91.8 cm³/mol. The van der Waals surface area contributed by atoms with Gasteiger partial charge >= 0.3 is 0 Å².